The fourth-order valence-electron chi connectivity index (χ4n) is 5.16. The van der Waals surface area contributed by atoms with Gasteiger partial charge < -0.3 is 9.47 Å². The summed E-state index contributed by atoms with van der Waals surface area (Å²) in [7, 11) is 0. The molecule has 4 aromatic rings. The zero-order chi connectivity index (χ0) is 27.5. The molecule has 0 spiro atoms. The van der Waals surface area contributed by atoms with Crippen molar-refractivity contribution in [2.24, 2.45) is 0 Å². The van der Waals surface area contributed by atoms with E-state index in [4.69, 9.17) is 9.47 Å². The van der Waals surface area contributed by atoms with E-state index < -0.39 is 29.0 Å². The Morgan fingerprint density at radius 1 is 0.975 bits per heavy atom. The molecular weight excluding hydrogens is 536 g/mol. The standard InChI is InChI=1S/C29H24N4O6.ClH/c1-17(34)18-4-6-20(7-5-18)32-27(36)31-15-12-23-25(33(31)28(32)37)22-9-8-21(16-24(22)39-29(23,2)3)38-26(35)19-10-13-30-14-11-19;/h4-14,16,25H,15H2,1-3H3;1H. The highest BCUT2D eigenvalue weighted by molar-refractivity contribution is 5.94. The van der Waals surface area contributed by atoms with Crippen LogP contribution in [-0.2, 0) is 6.54 Å². The Kier molecular flexibility index (Phi) is 6.59. The normalized spacial score (nSPS) is 16.3. The Morgan fingerprint density at radius 2 is 1.68 bits per heavy atom. The molecule has 0 bridgehead atoms. The van der Waals surface area contributed by atoms with Crippen molar-refractivity contribution in [3.05, 3.63) is 116 Å². The number of esters is 1. The van der Waals surface area contributed by atoms with Crippen molar-refractivity contribution >= 4 is 24.2 Å². The maximum absolute atomic E-state index is 13.8. The predicted molar refractivity (Wildman–Crippen MR) is 148 cm³/mol. The molecule has 40 heavy (non-hydrogen) atoms. The van der Waals surface area contributed by atoms with Gasteiger partial charge in [-0.25, -0.2) is 28.3 Å². The van der Waals surface area contributed by atoms with Crippen LogP contribution in [0.4, 0.5) is 0 Å². The maximum Gasteiger partial charge on any atom is 0.352 e. The Labute approximate surface area is 234 Å². The molecule has 0 aliphatic carbocycles. The number of fused-ring (bicyclic) bond motifs is 5. The Balaban J connectivity index is 0.00000323. The lowest BCUT2D eigenvalue weighted by molar-refractivity contribution is 0.0732. The van der Waals surface area contributed by atoms with Gasteiger partial charge in [0.25, 0.3) is 0 Å². The van der Waals surface area contributed by atoms with Gasteiger partial charge in [0.2, 0.25) is 0 Å². The fraction of sp³-hybridized carbons (Fsp3) is 0.207. The summed E-state index contributed by atoms with van der Waals surface area (Å²) in [5.74, 6) is 0.0714. The van der Waals surface area contributed by atoms with Crippen LogP contribution in [0.1, 0.15) is 53.1 Å². The number of ether oxygens (including phenoxy) is 2. The summed E-state index contributed by atoms with van der Waals surface area (Å²) >= 11 is 0. The van der Waals surface area contributed by atoms with Crippen LogP contribution in [0.25, 0.3) is 5.69 Å². The molecular formula is C29H25ClN4O6. The zero-order valence-electron chi connectivity index (χ0n) is 21.9. The first-order chi connectivity index (χ1) is 18.7. The van der Waals surface area contributed by atoms with E-state index in [0.717, 1.165) is 10.1 Å². The van der Waals surface area contributed by atoms with Crippen molar-refractivity contribution in [1.82, 2.24) is 18.9 Å². The van der Waals surface area contributed by atoms with E-state index >= 15 is 0 Å². The average Bonchev–Trinajstić information content (AvgIpc) is 3.18. The predicted octanol–water partition coefficient (Wildman–Crippen LogP) is 3.74. The number of hydrogen-bond donors (Lipinski definition) is 0. The van der Waals surface area contributed by atoms with Crippen molar-refractivity contribution in [3.63, 3.8) is 0 Å². The van der Waals surface area contributed by atoms with Gasteiger partial charge in [0.15, 0.2) is 5.78 Å². The molecule has 0 N–H and O–H groups in total. The molecule has 2 aliphatic rings. The number of hydrogen-bond acceptors (Lipinski definition) is 7. The van der Waals surface area contributed by atoms with Crippen molar-refractivity contribution in [2.75, 3.05) is 0 Å². The van der Waals surface area contributed by atoms with E-state index in [1.807, 2.05) is 19.9 Å². The molecule has 0 fully saturated rings. The number of carbonyl (C=O) groups excluding carboxylic acids is 2. The number of nitrogens with zero attached hydrogens (tertiary/aromatic N) is 4. The maximum atomic E-state index is 13.8. The van der Waals surface area contributed by atoms with E-state index in [2.05, 4.69) is 4.98 Å². The summed E-state index contributed by atoms with van der Waals surface area (Å²) in [6.07, 6.45) is 4.93. The second kappa shape index (κ2) is 9.80. The number of pyridine rings is 1. The molecule has 4 heterocycles. The Bertz CT molecular complexity index is 1800. The van der Waals surface area contributed by atoms with E-state index in [0.29, 0.717) is 28.1 Å². The number of Topliss-reactive ketones (excluding diaryl/α,β-unsaturated/α-hetero) is 1. The Morgan fingerprint density at radius 3 is 2.35 bits per heavy atom. The minimum absolute atomic E-state index is 0. The number of benzene rings is 2. The molecule has 2 aromatic carbocycles. The van der Waals surface area contributed by atoms with Crippen LogP contribution < -0.4 is 20.9 Å². The number of ketones is 1. The van der Waals surface area contributed by atoms with Gasteiger partial charge in [-0.05, 0) is 74.9 Å². The quantitative estimate of drug-likeness (QED) is 0.162. The van der Waals surface area contributed by atoms with Crippen LogP contribution in [0.3, 0.4) is 0 Å². The second-order valence-corrected chi connectivity index (χ2v) is 9.93. The average molecular weight is 561 g/mol. The van der Waals surface area contributed by atoms with Crippen LogP contribution in [0.15, 0.2) is 88.2 Å². The zero-order valence-corrected chi connectivity index (χ0v) is 22.7. The molecule has 204 valence electrons. The minimum atomic E-state index is -0.808. The summed E-state index contributed by atoms with van der Waals surface area (Å²) < 4.78 is 15.8. The third-order valence-corrected chi connectivity index (χ3v) is 7.08. The molecule has 0 saturated carbocycles. The van der Waals surface area contributed by atoms with E-state index in [9.17, 15) is 19.2 Å². The highest BCUT2D eigenvalue weighted by Crippen LogP contribution is 2.47. The van der Waals surface area contributed by atoms with Crippen LogP contribution in [0.2, 0.25) is 0 Å². The number of rotatable bonds is 4. The van der Waals surface area contributed by atoms with Gasteiger partial charge in [-0.15, -0.1) is 12.4 Å². The first-order valence-electron chi connectivity index (χ1n) is 12.4. The molecule has 2 aromatic heterocycles. The van der Waals surface area contributed by atoms with Crippen molar-refractivity contribution < 1.29 is 19.1 Å². The van der Waals surface area contributed by atoms with Crippen molar-refractivity contribution in [1.29, 1.82) is 0 Å². The summed E-state index contributed by atoms with van der Waals surface area (Å²) in [4.78, 5) is 55.4. The van der Waals surface area contributed by atoms with E-state index in [-0.39, 0.29) is 30.5 Å². The summed E-state index contributed by atoms with van der Waals surface area (Å²) in [6.45, 7) is 5.43. The van der Waals surface area contributed by atoms with E-state index in [1.165, 1.54) is 28.7 Å². The molecule has 0 amide bonds. The number of allylic oxidation sites excluding steroid dienone is 1. The summed E-state index contributed by atoms with van der Waals surface area (Å²) in [6, 6.07) is 13.9. The largest absolute Gasteiger partial charge is 0.483 e. The molecule has 6 rings (SSSR count). The first kappa shape index (κ1) is 26.9. The SMILES string of the molecule is CC(=O)c1ccc(-n2c(=O)n3n(c2=O)C2C(=CC3)C(C)(C)Oc3cc(OC(=O)c4ccncc4)ccc32)cc1.Cl. The van der Waals surface area contributed by atoms with Crippen LogP contribution in [0.5, 0.6) is 11.5 Å². The first-order valence-corrected chi connectivity index (χ1v) is 12.4. The van der Waals surface area contributed by atoms with Gasteiger partial charge in [0, 0.05) is 29.6 Å². The van der Waals surface area contributed by atoms with Crippen molar-refractivity contribution in [3.8, 4) is 17.2 Å². The lowest BCUT2D eigenvalue weighted by Gasteiger charge is -2.42. The van der Waals surface area contributed by atoms with Crippen LogP contribution >= 0.6 is 12.4 Å². The summed E-state index contributed by atoms with van der Waals surface area (Å²) in [5, 5.41) is 0. The van der Waals surface area contributed by atoms with E-state index in [1.54, 1.807) is 54.6 Å². The van der Waals surface area contributed by atoms with Gasteiger partial charge in [-0.3, -0.25) is 9.78 Å². The molecule has 11 heteroatoms. The van der Waals surface area contributed by atoms with Gasteiger partial charge >= 0.3 is 17.3 Å². The highest BCUT2D eigenvalue weighted by atomic mass is 35.5. The number of aromatic nitrogens is 4. The van der Waals surface area contributed by atoms with Crippen molar-refractivity contribution in [2.45, 2.75) is 39.0 Å². The molecule has 10 nitrogen and oxygen atoms in total. The van der Waals surface area contributed by atoms with Crippen LogP contribution in [0, 0.1) is 0 Å². The fourth-order valence-corrected chi connectivity index (χ4v) is 5.16. The molecule has 1 atom stereocenters. The topological polar surface area (TPSA) is 114 Å². The van der Waals surface area contributed by atoms with Gasteiger partial charge in [-0.1, -0.05) is 6.08 Å². The van der Waals surface area contributed by atoms with Gasteiger partial charge in [-0.2, -0.15) is 0 Å². The third kappa shape index (κ3) is 4.26. The Hall–Kier alpha value is -4.70. The molecule has 2 aliphatic heterocycles. The summed E-state index contributed by atoms with van der Waals surface area (Å²) in [5.41, 5.74) is 0.900. The minimum Gasteiger partial charge on any atom is -0.483 e. The lowest BCUT2D eigenvalue weighted by Crippen LogP contribution is -2.46. The molecule has 0 radical (unpaired) electrons. The highest BCUT2D eigenvalue weighted by Gasteiger charge is 2.44. The smallest absolute Gasteiger partial charge is 0.352 e. The monoisotopic (exact) mass is 560 g/mol. The van der Waals surface area contributed by atoms with Gasteiger partial charge in [0.05, 0.1) is 17.8 Å². The van der Waals surface area contributed by atoms with Crippen LogP contribution in [-0.4, -0.2) is 36.3 Å². The number of carbonyl (C=O) groups is 2. The third-order valence-electron chi connectivity index (χ3n) is 7.08. The van der Waals surface area contributed by atoms with Gasteiger partial charge in [0.1, 0.15) is 23.1 Å². The lowest BCUT2D eigenvalue weighted by atomic mass is 9.83. The second-order valence-electron chi connectivity index (χ2n) is 9.93. The molecule has 0 saturated heterocycles. The molecule has 1 unspecified atom stereocenters. The number of halogens is 1.